The summed E-state index contributed by atoms with van der Waals surface area (Å²) in [6.07, 6.45) is 2.23. The van der Waals surface area contributed by atoms with Gasteiger partial charge in [-0.1, -0.05) is 11.6 Å². The fourth-order valence-corrected chi connectivity index (χ4v) is 7.42. The third-order valence-electron chi connectivity index (χ3n) is 9.13. The lowest BCUT2D eigenvalue weighted by Gasteiger charge is -2.42. The molecule has 45 heavy (non-hydrogen) atoms. The van der Waals surface area contributed by atoms with E-state index >= 15 is 4.39 Å². The molecule has 0 aliphatic carbocycles. The van der Waals surface area contributed by atoms with Crippen LogP contribution in [0.2, 0.25) is 5.15 Å². The van der Waals surface area contributed by atoms with Crippen LogP contribution in [0.4, 0.5) is 19.4 Å². The molecular weight excluding hydrogens is 612 g/mol. The number of carbonyl (C=O) groups is 2. The summed E-state index contributed by atoms with van der Waals surface area (Å²) >= 11 is 6.21. The van der Waals surface area contributed by atoms with Gasteiger partial charge >= 0.3 is 12.1 Å². The largest absolute Gasteiger partial charge is 0.461 e. The number of pyridine rings is 1. The average Bonchev–Trinajstić information content (AvgIpc) is 3.59. The number of hydrogen-bond donors (Lipinski definition) is 1. The Kier molecular flexibility index (Phi) is 8.68. The number of carbonyl (C=O) groups excluding carboxylic acids is 2. The Morgan fingerprint density at radius 2 is 1.87 bits per heavy atom. The van der Waals surface area contributed by atoms with Gasteiger partial charge in [-0.25, -0.2) is 18.6 Å². The molecule has 6 rings (SSSR count). The van der Waals surface area contributed by atoms with Gasteiger partial charge in [0.05, 0.1) is 29.6 Å². The zero-order valence-corrected chi connectivity index (χ0v) is 26.8. The van der Waals surface area contributed by atoms with Crippen molar-refractivity contribution in [2.75, 3.05) is 57.9 Å². The van der Waals surface area contributed by atoms with Gasteiger partial charge in [-0.15, -0.1) is 0 Å². The summed E-state index contributed by atoms with van der Waals surface area (Å²) in [6.45, 7) is 7.93. The van der Waals surface area contributed by atoms with Crippen molar-refractivity contribution in [3.8, 4) is 6.01 Å². The monoisotopic (exact) mass is 651 g/mol. The Morgan fingerprint density at radius 3 is 2.56 bits per heavy atom. The molecule has 6 heterocycles. The highest BCUT2D eigenvalue weighted by molar-refractivity contribution is 6.30. The van der Waals surface area contributed by atoms with E-state index in [9.17, 15) is 14.0 Å². The molecular formula is C30H40ClF2N7O5. The Labute approximate surface area is 265 Å². The van der Waals surface area contributed by atoms with Crippen LogP contribution in [0, 0.1) is 5.82 Å². The van der Waals surface area contributed by atoms with Crippen molar-refractivity contribution in [3.63, 3.8) is 0 Å². The van der Waals surface area contributed by atoms with Crippen molar-refractivity contribution in [1.82, 2.24) is 30.1 Å². The number of hydrogen-bond acceptors (Lipinski definition) is 10. The van der Waals surface area contributed by atoms with Crippen molar-refractivity contribution in [1.29, 1.82) is 0 Å². The summed E-state index contributed by atoms with van der Waals surface area (Å²) in [5.41, 5.74) is -1.46. The van der Waals surface area contributed by atoms with E-state index in [1.54, 1.807) is 4.90 Å². The second kappa shape index (κ2) is 12.3. The molecule has 2 unspecified atom stereocenters. The van der Waals surface area contributed by atoms with Crippen LogP contribution in [0.15, 0.2) is 0 Å². The Morgan fingerprint density at radius 1 is 1.13 bits per heavy atom. The lowest BCUT2D eigenvalue weighted by Crippen LogP contribution is -2.57. The van der Waals surface area contributed by atoms with Crippen molar-refractivity contribution < 1.29 is 32.6 Å². The number of fused-ring (bicyclic) bond motifs is 4. The Hall–Kier alpha value is -3.10. The highest BCUT2D eigenvalue weighted by Gasteiger charge is 2.50. The van der Waals surface area contributed by atoms with E-state index < -0.39 is 34.2 Å². The van der Waals surface area contributed by atoms with E-state index in [1.165, 1.54) is 7.11 Å². The third-order valence-corrected chi connectivity index (χ3v) is 9.38. The molecule has 4 atom stereocenters. The van der Waals surface area contributed by atoms with Gasteiger partial charge in [-0.05, 0) is 53.0 Å². The summed E-state index contributed by atoms with van der Waals surface area (Å²) in [7, 11) is 1.51. The highest BCUT2D eigenvalue weighted by Crippen LogP contribution is 2.42. The third kappa shape index (κ3) is 6.20. The number of rotatable bonds is 8. The quantitative estimate of drug-likeness (QED) is 0.334. The van der Waals surface area contributed by atoms with Crippen molar-refractivity contribution in [3.05, 3.63) is 16.7 Å². The molecule has 12 nitrogen and oxygen atoms in total. The number of alkyl halides is 1. The van der Waals surface area contributed by atoms with Gasteiger partial charge in [-0.2, -0.15) is 9.97 Å². The number of amides is 2. The standard InChI is InChI=1S/C30H40ClF2N7O5/c1-29(2,3)45-28(42)40-18-6-7-19(40)15-38(14-18)25-20-22(21(33)24(31)35-23(20)26(41)34-9-11-43-4)36-27(37-25)44-16-30-8-5-10-39(30)13-17(32)12-30/h17-19H,5-16H2,1-4H3,(H,34,41)/t17-,18?,19?,30+/m1/s1. The smallest absolute Gasteiger partial charge is 0.410 e. The molecule has 15 heteroatoms. The molecule has 2 amide bonds. The minimum atomic E-state index is -0.944. The van der Waals surface area contributed by atoms with Crippen molar-refractivity contribution >= 4 is 40.3 Å². The topological polar surface area (TPSA) is 122 Å². The number of ether oxygens (including phenoxy) is 3. The second-order valence-electron chi connectivity index (χ2n) is 13.4. The first-order valence-electron chi connectivity index (χ1n) is 15.5. The summed E-state index contributed by atoms with van der Waals surface area (Å²) in [5, 5.41) is 2.30. The van der Waals surface area contributed by atoms with Gasteiger partial charge in [0, 0.05) is 39.7 Å². The second-order valence-corrected chi connectivity index (χ2v) is 13.8. The molecule has 2 aromatic rings. The van der Waals surface area contributed by atoms with E-state index in [0.717, 1.165) is 32.2 Å². The van der Waals surface area contributed by atoms with Crippen LogP contribution in [-0.2, 0) is 9.47 Å². The number of nitrogens with zero attached hydrogens (tertiary/aromatic N) is 6. The van der Waals surface area contributed by atoms with Crippen LogP contribution in [0.1, 0.15) is 63.4 Å². The van der Waals surface area contributed by atoms with Crippen LogP contribution >= 0.6 is 11.6 Å². The van der Waals surface area contributed by atoms with E-state index in [2.05, 4.69) is 20.2 Å². The van der Waals surface area contributed by atoms with E-state index in [4.69, 9.17) is 30.8 Å². The zero-order chi connectivity index (χ0) is 32.1. The first kappa shape index (κ1) is 31.9. The van der Waals surface area contributed by atoms with Crippen LogP contribution in [0.5, 0.6) is 6.01 Å². The first-order valence-corrected chi connectivity index (χ1v) is 15.9. The molecule has 0 aromatic carbocycles. The Balaban J connectivity index is 1.38. The molecule has 4 saturated heterocycles. The van der Waals surface area contributed by atoms with Crippen LogP contribution in [0.3, 0.4) is 0 Å². The summed E-state index contributed by atoms with van der Waals surface area (Å²) in [6, 6.07) is -0.485. The number of anilines is 1. The summed E-state index contributed by atoms with van der Waals surface area (Å²) in [5.74, 6) is -1.24. The maximum atomic E-state index is 15.7. The SMILES string of the molecule is COCCNC(=O)c1nc(Cl)c(F)c2nc(OC[C@@]34CCCN3C[C@H](F)C4)nc(N3CC4CCC(C3)N4C(=O)OC(C)(C)C)c12. The molecule has 4 aliphatic rings. The minimum absolute atomic E-state index is 0.0922. The molecule has 246 valence electrons. The average molecular weight is 652 g/mol. The fourth-order valence-electron chi connectivity index (χ4n) is 7.25. The Bertz CT molecular complexity index is 1460. The first-order chi connectivity index (χ1) is 21.4. The minimum Gasteiger partial charge on any atom is -0.461 e. The fraction of sp³-hybridized carbons (Fsp3) is 0.700. The zero-order valence-electron chi connectivity index (χ0n) is 26.1. The lowest BCUT2D eigenvalue weighted by molar-refractivity contribution is 0.0122. The predicted molar refractivity (Wildman–Crippen MR) is 162 cm³/mol. The number of methoxy groups -OCH3 is 1. The van der Waals surface area contributed by atoms with Gasteiger partial charge in [0.2, 0.25) is 0 Å². The molecule has 4 aliphatic heterocycles. The maximum absolute atomic E-state index is 15.7. The summed E-state index contributed by atoms with van der Waals surface area (Å²) in [4.78, 5) is 45.6. The number of aromatic nitrogens is 3. The van der Waals surface area contributed by atoms with Crippen LogP contribution in [-0.4, -0.2) is 119 Å². The van der Waals surface area contributed by atoms with Gasteiger partial charge in [-0.3, -0.25) is 14.6 Å². The highest BCUT2D eigenvalue weighted by atomic mass is 35.5. The number of piperazine rings is 1. The van der Waals surface area contributed by atoms with Gasteiger partial charge in [0.15, 0.2) is 11.0 Å². The normalized spacial score (nSPS) is 26.4. The molecule has 0 radical (unpaired) electrons. The van der Waals surface area contributed by atoms with E-state index in [1.807, 2.05) is 25.7 Å². The molecule has 2 bridgehead atoms. The van der Waals surface area contributed by atoms with Gasteiger partial charge in [0.25, 0.3) is 5.91 Å². The number of halogens is 3. The van der Waals surface area contributed by atoms with Crippen LogP contribution in [0.25, 0.3) is 10.9 Å². The predicted octanol–water partition coefficient (Wildman–Crippen LogP) is 3.74. The van der Waals surface area contributed by atoms with Crippen molar-refractivity contribution in [2.45, 2.75) is 82.3 Å². The number of nitrogens with one attached hydrogen (secondary N) is 1. The maximum Gasteiger partial charge on any atom is 0.410 e. The molecule has 0 spiro atoms. The van der Waals surface area contributed by atoms with Gasteiger partial charge in [0.1, 0.15) is 35.4 Å². The van der Waals surface area contributed by atoms with E-state index in [0.29, 0.717) is 26.1 Å². The van der Waals surface area contributed by atoms with Crippen molar-refractivity contribution in [2.24, 2.45) is 0 Å². The molecule has 1 N–H and O–H groups in total. The van der Waals surface area contributed by atoms with Crippen LogP contribution < -0.4 is 15.0 Å². The lowest BCUT2D eigenvalue weighted by atomic mass is 9.95. The molecule has 4 fully saturated rings. The van der Waals surface area contributed by atoms with E-state index in [-0.39, 0.29) is 66.4 Å². The molecule has 2 aromatic heterocycles. The summed E-state index contributed by atoms with van der Waals surface area (Å²) < 4.78 is 47.1. The molecule has 0 saturated carbocycles. The van der Waals surface area contributed by atoms with Gasteiger partial charge < -0.3 is 24.4 Å².